The fourth-order valence-electron chi connectivity index (χ4n) is 5.28. The normalized spacial score (nSPS) is 43.5. The molecule has 3 saturated heterocycles. The van der Waals surface area contributed by atoms with Gasteiger partial charge in [-0.15, -0.1) is 0 Å². The number of hydrogen-bond donors (Lipinski definition) is 11. The lowest BCUT2D eigenvalue weighted by Crippen LogP contribution is -2.71. The van der Waals surface area contributed by atoms with Crippen LogP contribution in [0.15, 0.2) is 0 Å². The molecule has 0 aromatic heterocycles. The molecular weight excluding hydrogens is 586 g/mol. The number of rotatable bonds is 10. The summed E-state index contributed by atoms with van der Waals surface area (Å²) < 4.78 is 28.3. The van der Waals surface area contributed by atoms with Crippen LogP contribution < -0.4 is 16.0 Å². The Morgan fingerprint density at radius 2 is 0.930 bits per heavy atom. The van der Waals surface area contributed by atoms with Gasteiger partial charge in [0, 0.05) is 20.8 Å². The van der Waals surface area contributed by atoms with Gasteiger partial charge in [0.2, 0.25) is 17.7 Å². The molecule has 0 saturated carbocycles. The third-order valence-corrected chi connectivity index (χ3v) is 7.30. The number of amides is 3. The fourth-order valence-corrected chi connectivity index (χ4v) is 5.28. The zero-order valence-corrected chi connectivity index (χ0v) is 23.6. The lowest BCUT2D eigenvalue weighted by Gasteiger charge is -2.49. The van der Waals surface area contributed by atoms with Crippen LogP contribution in [0.3, 0.4) is 0 Å². The molecule has 3 rings (SSSR count). The van der Waals surface area contributed by atoms with Crippen molar-refractivity contribution in [2.24, 2.45) is 0 Å². The Labute approximate surface area is 245 Å². The van der Waals surface area contributed by atoms with E-state index in [9.17, 15) is 55.2 Å². The average Bonchev–Trinajstić information content (AvgIpc) is 2.94. The molecule has 19 nitrogen and oxygen atoms in total. The van der Waals surface area contributed by atoms with Crippen LogP contribution in [0.5, 0.6) is 0 Å². The Morgan fingerprint density at radius 3 is 1.37 bits per heavy atom. The summed E-state index contributed by atoms with van der Waals surface area (Å²) in [7, 11) is 0. The van der Waals surface area contributed by atoms with Gasteiger partial charge in [-0.05, 0) is 0 Å². The molecule has 15 atom stereocenters. The number of carbonyl (C=O) groups excluding carboxylic acids is 3. The molecule has 3 aliphatic heterocycles. The van der Waals surface area contributed by atoms with E-state index >= 15 is 0 Å². The third kappa shape index (κ3) is 8.14. The maximum absolute atomic E-state index is 12.1. The maximum atomic E-state index is 12.1. The molecule has 0 aromatic carbocycles. The van der Waals surface area contributed by atoms with Gasteiger partial charge in [0.15, 0.2) is 18.9 Å². The van der Waals surface area contributed by atoms with Gasteiger partial charge in [-0.1, -0.05) is 0 Å². The summed E-state index contributed by atoms with van der Waals surface area (Å²) in [5.41, 5.74) is 0. The number of aliphatic hydroxyl groups is 8. The molecule has 3 aliphatic rings. The van der Waals surface area contributed by atoms with Gasteiger partial charge in [0.25, 0.3) is 0 Å². The van der Waals surface area contributed by atoms with Crippen molar-refractivity contribution in [2.75, 3.05) is 19.8 Å². The van der Waals surface area contributed by atoms with Gasteiger partial charge in [-0.2, -0.15) is 0 Å². The maximum Gasteiger partial charge on any atom is 0.217 e. The van der Waals surface area contributed by atoms with Crippen molar-refractivity contribution < 1.29 is 78.9 Å². The topological polar surface area (TPSA) is 295 Å². The van der Waals surface area contributed by atoms with E-state index in [4.69, 9.17) is 23.7 Å². The van der Waals surface area contributed by atoms with E-state index in [1.807, 2.05) is 0 Å². The Balaban J connectivity index is 1.89. The first-order chi connectivity index (χ1) is 20.2. The second kappa shape index (κ2) is 15.3. The summed E-state index contributed by atoms with van der Waals surface area (Å²) in [6.45, 7) is 0.995. The van der Waals surface area contributed by atoms with E-state index in [2.05, 4.69) is 16.0 Å². The quantitative estimate of drug-likeness (QED) is 0.107. The number of hydrogen-bond acceptors (Lipinski definition) is 16. The predicted molar refractivity (Wildman–Crippen MR) is 136 cm³/mol. The molecule has 3 amide bonds. The number of ether oxygens (including phenoxy) is 5. The number of aliphatic hydroxyl groups excluding tert-OH is 8. The lowest BCUT2D eigenvalue weighted by atomic mass is 9.93. The highest BCUT2D eigenvalue weighted by atomic mass is 16.7. The molecule has 0 aromatic rings. The summed E-state index contributed by atoms with van der Waals surface area (Å²) in [6, 6.07) is -4.31. The second-order valence-electron chi connectivity index (χ2n) is 10.5. The minimum absolute atomic E-state index is 0.628. The van der Waals surface area contributed by atoms with Gasteiger partial charge in [-0.3, -0.25) is 14.4 Å². The minimum atomic E-state index is -1.77. The van der Waals surface area contributed by atoms with Crippen LogP contribution in [-0.2, 0) is 38.1 Å². The molecule has 3 fully saturated rings. The van der Waals surface area contributed by atoms with Crippen LogP contribution in [0.4, 0.5) is 0 Å². The Morgan fingerprint density at radius 1 is 0.558 bits per heavy atom. The van der Waals surface area contributed by atoms with Crippen molar-refractivity contribution in [3.63, 3.8) is 0 Å². The molecule has 0 bridgehead atoms. The standard InChI is InChI=1S/C24H41N3O16/c1-7(31)25-13-18(36)20(11(5-29)39-22(13)38)42-24-15(27-9(3)33)19(37)21(12(6-30)41-24)43-23-14(26-8(2)32)17(35)16(34)10(4-28)40-23/h10-24,28-30,34-38H,4-6H2,1-3H3,(H,25,31)(H,26,32)(H,27,33)/t10-,11-,12-,13+,14+,15-,16+,17-,18+,19-,20+,21+,22-,23+,24+/m1/s1. The van der Waals surface area contributed by atoms with Gasteiger partial charge in [0.1, 0.15) is 73.1 Å². The molecule has 248 valence electrons. The third-order valence-electron chi connectivity index (χ3n) is 7.30. The average molecular weight is 628 g/mol. The van der Waals surface area contributed by atoms with Crippen LogP contribution in [-0.4, -0.2) is 170 Å². The van der Waals surface area contributed by atoms with Gasteiger partial charge in [-0.25, -0.2) is 0 Å². The Hall–Kier alpha value is -2.11. The highest BCUT2D eigenvalue weighted by Crippen LogP contribution is 2.32. The summed E-state index contributed by atoms with van der Waals surface area (Å²) in [5, 5.41) is 90.0. The molecule has 11 N–H and O–H groups in total. The van der Waals surface area contributed by atoms with Crippen molar-refractivity contribution in [1.29, 1.82) is 0 Å². The molecule has 0 radical (unpaired) electrons. The summed E-state index contributed by atoms with van der Waals surface area (Å²) in [5.74, 6) is -1.96. The summed E-state index contributed by atoms with van der Waals surface area (Å²) in [4.78, 5) is 35.5. The summed E-state index contributed by atoms with van der Waals surface area (Å²) >= 11 is 0. The zero-order chi connectivity index (χ0) is 32.2. The van der Waals surface area contributed by atoms with Crippen LogP contribution in [0, 0.1) is 0 Å². The first kappa shape index (κ1) is 35.4. The van der Waals surface area contributed by atoms with Crippen molar-refractivity contribution >= 4 is 17.7 Å². The number of carbonyl (C=O) groups is 3. The van der Waals surface area contributed by atoms with Crippen LogP contribution >= 0.6 is 0 Å². The SMILES string of the molecule is CC(=O)N[C@@H]1[C@H](O[C@@H]2[C@H](O)[C@@H](NC(C)=O)[C@H](O[C@@H]3[C@@H](O)[C@H](NC(C)=O)[C@H](O)O[C@@H]3CO)O[C@@H]2CO)O[C@H](CO)[C@H](O)[C@@H]1O. The minimum Gasteiger partial charge on any atom is -0.394 e. The van der Waals surface area contributed by atoms with E-state index in [1.54, 1.807) is 0 Å². The monoisotopic (exact) mass is 627 g/mol. The predicted octanol–water partition coefficient (Wildman–Crippen LogP) is -7.14. The van der Waals surface area contributed by atoms with E-state index in [0.29, 0.717) is 0 Å². The molecule has 3 heterocycles. The Kier molecular flexibility index (Phi) is 12.5. The van der Waals surface area contributed by atoms with Gasteiger partial charge in [0.05, 0.1) is 19.8 Å². The highest BCUT2D eigenvalue weighted by molar-refractivity contribution is 5.74. The summed E-state index contributed by atoms with van der Waals surface area (Å²) in [6.07, 6.45) is -19.0. The van der Waals surface area contributed by atoms with Crippen LogP contribution in [0.2, 0.25) is 0 Å². The zero-order valence-electron chi connectivity index (χ0n) is 23.6. The van der Waals surface area contributed by atoms with Crippen molar-refractivity contribution in [3.8, 4) is 0 Å². The Bertz CT molecular complexity index is 962. The molecule has 0 aliphatic carbocycles. The lowest BCUT2D eigenvalue weighted by molar-refractivity contribution is -0.351. The van der Waals surface area contributed by atoms with Crippen molar-refractivity contribution in [1.82, 2.24) is 16.0 Å². The van der Waals surface area contributed by atoms with Gasteiger partial charge < -0.3 is 80.5 Å². The second-order valence-corrected chi connectivity index (χ2v) is 10.5. The van der Waals surface area contributed by atoms with E-state index in [0.717, 1.165) is 20.8 Å². The van der Waals surface area contributed by atoms with E-state index in [-0.39, 0.29) is 0 Å². The molecular formula is C24H41N3O16. The van der Waals surface area contributed by atoms with E-state index in [1.165, 1.54) is 0 Å². The molecule has 0 spiro atoms. The smallest absolute Gasteiger partial charge is 0.217 e. The highest BCUT2D eigenvalue weighted by Gasteiger charge is 2.54. The van der Waals surface area contributed by atoms with Crippen LogP contribution in [0.1, 0.15) is 20.8 Å². The largest absolute Gasteiger partial charge is 0.394 e. The van der Waals surface area contributed by atoms with Crippen molar-refractivity contribution in [2.45, 2.75) is 113 Å². The van der Waals surface area contributed by atoms with E-state index < -0.39 is 129 Å². The molecule has 43 heavy (non-hydrogen) atoms. The fraction of sp³-hybridized carbons (Fsp3) is 0.875. The molecule has 0 unspecified atom stereocenters. The van der Waals surface area contributed by atoms with Gasteiger partial charge >= 0.3 is 0 Å². The number of nitrogens with one attached hydrogen (secondary N) is 3. The first-order valence-electron chi connectivity index (χ1n) is 13.5. The van der Waals surface area contributed by atoms with Crippen molar-refractivity contribution in [3.05, 3.63) is 0 Å². The van der Waals surface area contributed by atoms with Crippen LogP contribution in [0.25, 0.3) is 0 Å². The first-order valence-corrected chi connectivity index (χ1v) is 13.5. The molecule has 19 heteroatoms.